The normalized spacial score (nSPS) is 9.08. The summed E-state index contributed by atoms with van der Waals surface area (Å²) in [6.45, 7) is 0. The summed E-state index contributed by atoms with van der Waals surface area (Å²) < 4.78 is 69.1. The molecule has 0 aromatic carbocycles. The van der Waals surface area contributed by atoms with E-state index in [4.69, 9.17) is 26.3 Å². The Balaban J connectivity index is -0.0000000267. The van der Waals surface area contributed by atoms with Crippen molar-refractivity contribution in [2.24, 2.45) is 0 Å². The molecule has 0 spiro atoms. The van der Waals surface area contributed by atoms with E-state index in [1.807, 2.05) is 0 Å². The van der Waals surface area contributed by atoms with Gasteiger partial charge in [-0.25, -0.2) is 0 Å². The third kappa shape index (κ3) is 351. The second kappa shape index (κ2) is 12.6. The van der Waals surface area contributed by atoms with Crippen LogP contribution in [0.2, 0.25) is 0 Å². The van der Waals surface area contributed by atoms with Crippen molar-refractivity contribution in [1.82, 2.24) is 0 Å². The standard InChI is InChI=1S/3Cu.8O.2Sb/q3*+2;;;6*-1;;. The van der Waals surface area contributed by atoms with Gasteiger partial charge in [0.05, 0.1) is 0 Å². The number of rotatable bonds is 0. The molecular weight excluding hydrogens is 562 g/mol. The summed E-state index contributed by atoms with van der Waals surface area (Å²) >= 11 is -12.2. The summed E-state index contributed by atoms with van der Waals surface area (Å²) in [5.74, 6) is 0. The van der Waals surface area contributed by atoms with E-state index in [0.717, 1.165) is 0 Å². The van der Waals surface area contributed by atoms with Crippen LogP contribution in [-0.4, -0.2) is 40.1 Å². The molecular formula is Cu3O8Sb2. The first-order valence-electron chi connectivity index (χ1n) is 1.46. The van der Waals surface area contributed by atoms with Crippen molar-refractivity contribution in [1.29, 1.82) is 0 Å². The van der Waals surface area contributed by atoms with E-state index < -0.39 is 40.1 Å². The van der Waals surface area contributed by atoms with Crippen LogP contribution in [0, 0.1) is 0 Å². The maximum atomic E-state index is 8.64. The molecule has 0 aliphatic rings. The second-order valence-electron chi connectivity index (χ2n) is 0.894. The Kier molecular flexibility index (Phi) is 28.7. The van der Waals surface area contributed by atoms with Gasteiger partial charge in [-0.2, -0.15) is 0 Å². The van der Waals surface area contributed by atoms with Crippen LogP contribution in [-0.2, 0) is 57.2 Å². The first-order valence-corrected chi connectivity index (χ1v) is 9.80. The monoisotopic (exact) mass is 559 g/mol. The number of hydrogen-bond acceptors (Lipinski definition) is 8. The molecule has 13 heavy (non-hydrogen) atoms. The minimum atomic E-state index is -6.10. The Morgan fingerprint density at radius 3 is 0.538 bits per heavy atom. The first kappa shape index (κ1) is 29.6. The predicted molar refractivity (Wildman–Crippen MR) is 12.9 cm³/mol. The molecule has 13 heteroatoms. The van der Waals surface area contributed by atoms with Crippen molar-refractivity contribution in [3.8, 4) is 0 Å². The molecule has 91 valence electrons. The Bertz CT molecular complexity index is 130. The zero-order valence-corrected chi connectivity index (χ0v) is 13.0. The van der Waals surface area contributed by atoms with E-state index in [-0.39, 0.29) is 51.2 Å². The first-order chi connectivity index (χ1) is 4.00. The minimum absolute atomic E-state index is 0. The molecule has 0 atom stereocenters. The van der Waals surface area contributed by atoms with E-state index in [1.54, 1.807) is 0 Å². The summed E-state index contributed by atoms with van der Waals surface area (Å²) in [7, 11) is 0. The summed E-state index contributed by atoms with van der Waals surface area (Å²) in [5, 5.41) is 0. The van der Waals surface area contributed by atoms with Gasteiger partial charge in [0.15, 0.2) is 0 Å². The van der Waals surface area contributed by atoms with Crippen LogP contribution in [0.25, 0.3) is 0 Å². The topological polar surface area (TPSA) is 172 Å². The fraction of sp³-hybridized carbons (Fsp3) is 0. The molecule has 0 saturated heterocycles. The molecule has 0 amide bonds. The van der Waals surface area contributed by atoms with Gasteiger partial charge >= 0.3 is 118 Å². The van der Waals surface area contributed by atoms with Crippen LogP contribution < -0.4 is 20.3 Å². The van der Waals surface area contributed by atoms with Gasteiger partial charge in [-0.05, 0) is 0 Å². The van der Waals surface area contributed by atoms with E-state index in [9.17, 15) is 0 Å². The molecule has 0 rings (SSSR count). The predicted octanol–water partition coefficient (Wildman–Crippen LogP) is -8.14. The molecule has 8 nitrogen and oxygen atoms in total. The average molecular weight is 562 g/mol. The van der Waals surface area contributed by atoms with E-state index >= 15 is 0 Å². The van der Waals surface area contributed by atoms with Gasteiger partial charge in [0, 0.05) is 0 Å². The molecule has 0 unspecified atom stereocenters. The molecule has 0 heterocycles. The molecule has 0 bridgehead atoms. The van der Waals surface area contributed by atoms with E-state index in [1.165, 1.54) is 0 Å². The van der Waals surface area contributed by atoms with Crippen LogP contribution in [0.15, 0.2) is 0 Å². The molecule has 0 aromatic heterocycles. The van der Waals surface area contributed by atoms with Crippen molar-refractivity contribution in [2.75, 3.05) is 0 Å². The van der Waals surface area contributed by atoms with Gasteiger partial charge in [0.2, 0.25) is 0 Å². The second-order valence-corrected chi connectivity index (χ2v) is 6.00. The van der Waals surface area contributed by atoms with Gasteiger partial charge in [0.25, 0.3) is 0 Å². The van der Waals surface area contributed by atoms with E-state index in [0.29, 0.717) is 0 Å². The number of hydrogen-bond donors (Lipinski definition) is 0. The summed E-state index contributed by atoms with van der Waals surface area (Å²) in [5.41, 5.74) is 0. The van der Waals surface area contributed by atoms with Crippen LogP contribution >= 0.6 is 0 Å². The van der Waals surface area contributed by atoms with E-state index in [2.05, 4.69) is 0 Å². The van der Waals surface area contributed by atoms with Crippen molar-refractivity contribution in [3.05, 3.63) is 0 Å². The SMILES string of the molecule is [Cu+2].[Cu+2].[Cu+2].[O]=[Sb]([O-])([O-])[O-].[O]=[Sb]([O-])([O-])[O-]. The molecule has 3 radical (unpaired) electrons. The average Bonchev–Trinajstić information content (AvgIpc) is 1.12. The molecule has 0 saturated carbocycles. The van der Waals surface area contributed by atoms with Gasteiger partial charge in [-0.1, -0.05) is 0 Å². The Morgan fingerprint density at radius 2 is 0.538 bits per heavy atom. The molecule has 0 aromatic rings. The Morgan fingerprint density at radius 1 is 0.538 bits per heavy atom. The third-order valence-electron chi connectivity index (χ3n) is 0. The Labute approximate surface area is 116 Å². The quantitative estimate of drug-likeness (QED) is 0.262. The fourth-order valence-corrected chi connectivity index (χ4v) is 0. The van der Waals surface area contributed by atoms with Crippen LogP contribution in [0.5, 0.6) is 0 Å². The van der Waals surface area contributed by atoms with Crippen molar-refractivity contribution < 1.29 is 77.6 Å². The van der Waals surface area contributed by atoms with Crippen molar-refractivity contribution >= 4 is 40.1 Å². The van der Waals surface area contributed by atoms with Gasteiger partial charge in [0.1, 0.15) is 0 Å². The summed E-state index contributed by atoms with van der Waals surface area (Å²) in [6.07, 6.45) is 0. The third-order valence-corrected chi connectivity index (χ3v) is 0. The van der Waals surface area contributed by atoms with Crippen LogP contribution in [0.3, 0.4) is 0 Å². The zero-order chi connectivity index (χ0) is 9.00. The van der Waals surface area contributed by atoms with Crippen molar-refractivity contribution in [3.63, 3.8) is 0 Å². The van der Waals surface area contributed by atoms with Gasteiger partial charge in [-0.15, -0.1) is 0 Å². The Hall–Kier alpha value is 2.55. The molecule has 0 aliphatic carbocycles. The summed E-state index contributed by atoms with van der Waals surface area (Å²) in [4.78, 5) is 0. The fourth-order valence-electron chi connectivity index (χ4n) is 0. The molecule has 0 aliphatic heterocycles. The maximum absolute atomic E-state index is 8.64. The van der Waals surface area contributed by atoms with Gasteiger partial charge in [-0.3, -0.25) is 0 Å². The van der Waals surface area contributed by atoms with Gasteiger partial charge < -0.3 is 0 Å². The molecule has 0 fully saturated rings. The van der Waals surface area contributed by atoms with Crippen LogP contribution in [0.1, 0.15) is 0 Å². The van der Waals surface area contributed by atoms with Crippen molar-refractivity contribution in [2.45, 2.75) is 0 Å². The summed E-state index contributed by atoms with van der Waals surface area (Å²) in [6, 6.07) is 0. The zero-order valence-electron chi connectivity index (χ0n) is 5.06. The molecule has 0 N–H and O–H groups in total. The van der Waals surface area contributed by atoms with Crippen LogP contribution in [0.4, 0.5) is 0 Å².